The summed E-state index contributed by atoms with van der Waals surface area (Å²) in [7, 11) is 3.10. The number of pyridine rings is 1. The Bertz CT molecular complexity index is 1530. The molecule has 0 saturated carbocycles. The zero-order valence-electron chi connectivity index (χ0n) is 18.2. The van der Waals surface area contributed by atoms with Crippen molar-refractivity contribution in [2.45, 2.75) is 0 Å². The molecule has 0 unspecified atom stereocenters. The minimum Gasteiger partial charge on any atom is -0.493 e. The number of nitrogens with one attached hydrogen (secondary N) is 4. The van der Waals surface area contributed by atoms with Crippen LogP contribution in [0, 0.1) is 0 Å². The van der Waals surface area contributed by atoms with E-state index in [2.05, 4.69) is 35.6 Å². The summed E-state index contributed by atoms with van der Waals surface area (Å²) in [4.78, 5) is 44.0. The summed E-state index contributed by atoms with van der Waals surface area (Å²) in [5.74, 6) is 0.784. The molecule has 0 fully saturated rings. The van der Waals surface area contributed by atoms with Gasteiger partial charge in [-0.25, -0.2) is 9.97 Å². The molecule has 2 amide bonds. The molecule has 11 nitrogen and oxygen atoms in total. The van der Waals surface area contributed by atoms with Crippen molar-refractivity contribution in [3.05, 3.63) is 66.2 Å². The van der Waals surface area contributed by atoms with Gasteiger partial charge in [-0.3, -0.25) is 25.2 Å². The van der Waals surface area contributed by atoms with E-state index in [1.165, 1.54) is 6.20 Å². The van der Waals surface area contributed by atoms with Crippen LogP contribution < -0.4 is 20.1 Å². The number of fused-ring (bicyclic) bond motifs is 2. The highest BCUT2D eigenvalue weighted by Crippen LogP contribution is 2.32. The topological polar surface area (TPSA) is 147 Å². The van der Waals surface area contributed by atoms with Gasteiger partial charge in [-0.15, -0.1) is 0 Å². The molecule has 0 aliphatic heterocycles. The lowest BCUT2D eigenvalue weighted by molar-refractivity contribution is 0.101. The molecule has 170 valence electrons. The molecule has 3 aromatic heterocycles. The second-order valence-corrected chi connectivity index (χ2v) is 7.26. The lowest BCUT2D eigenvalue weighted by Gasteiger charge is -2.09. The summed E-state index contributed by atoms with van der Waals surface area (Å²) in [5.41, 5.74) is 1.52. The molecule has 34 heavy (non-hydrogen) atoms. The normalized spacial score (nSPS) is 10.9. The number of para-hydroxylation sites is 1. The van der Waals surface area contributed by atoms with Crippen molar-refractivity contribution in [2.24, 2.45) is 0 Å². The van der Waals surface area contributed by atoms with Gasteiger partial charge in [0.15, 0.2) is 11.5 Å². The first-order valence-electron chi connectivity index (χ1n) is 10.2. The number of H-pyrrole nitrogens is 2. The highest BCUT2D eigenvalue weighted by atomic mass is 16.5. The summed E-state index contributed by atoms with van der Waals surface area (Å²) in [6.07, 6.45) is 4.72. The van der Waals surface area contributed by atoms with Gasteiger partial charge in [-0.1, -0.05) is 6.07 Å². The number of imidazole rings is 2. The molecule has 5 rings (SSSR count). The van der Waals surface area contributed by atoms with Crippen LogP contribution in [0.3, 0.4) is 0 Å². The van der Waals surface area contributed by atoms with E-state index < -0.39 is 5.91 Å². The average molecular weight is 457 g/mol. The monoisotopic (exact) mass is 457 g/mol. The maximum absolute atomic E-state index is 12.9. The molecule has 0 aliphatic rings. The molecule has 4 N–H and O–H groups in total. The fourth-order valence-electron chi connectivity index (χ4n) is 3.55. The second kappa shape index (κ2) is 8.54. The molecule has 2 aromatic carbocycles. The molecular weight excluding hydrogens is 438 g/mol. The number of aromatic amines is 2. The number of nitrogens with zero attached hydrogens (tertiary/aromatic N) is 3. The summed E-state index contributed by atoms with van der Waals surface area (Å²) in [6.45, 7) is 0. The number of ether oxygens (including phenoxy) is 2. The van der Waals surface area contributed by atoms with Crippen molar-refractivity contribution in [3.63, 3.8) is 0 Å². The van der Waals surface area contributed by atoms with Crippen LogP contribution in [0.4, 0.5) is 11.9 Å². The Balaban J connectivity index is 1.41. The molecule has 0 radical (unpaired) electrons. The number of hydrogen-bond acceptors (Lipinski definition) is 7. The lowest BCUT2D eigenvalue weighted by Crippen LogP contribution is -2.15. The van der Waals surface area contributed by atoms with Crippen molar-refractivity contribution in [1.82, 2.24) is 24.9 Å². The summed E-state index contributed by atoms with van der Waals surface area (Å²) >= 11 is 0. The van der Waals surface area contributed by atoms with E-state index in [0.29, 0.717) is 34.0 Å². The van der Waals surface area contributed by atoms with Gasteiger partial charge in [0.2, 0.25) is 11.9 Å². The Morgan fingerprint density at radius 2 is 1.68 bits per heavy atom. The average Bonchev–Trinajstić information content (AvgIpc) is 3.51. The third kappa shape index (κ3) is 3.86. The summed E-state index contributed by atoms with van der Waals surface area (Å²) < 4.78 is 10.6. The Kier molecular flexibility index (Phi) is 5.26. The number of carbonyl (C=O) groups is 2. The van der Waals surface area contributed by atoms with Crippen molar-refractivity contribution >= 4 is 45.5 Å². The lowest BCUT2D eigenvalue weighted by atomic mass is 10.1. The van der Waals surface area contributed by atoms with E-state index >= 15 is 0 Å². The number of carbonyl (C=O) groups excluding carboxylic acids is 2. The maximum Gasteiger partial charge on any atom is 0.276 e. The van der Waals surface area contributed by atoms with Gasteiger partial charge < -0.3 is 19.4 Å². The smallest absolute Gasteiger partial charge is 0.276 e. The Morgan fingerprint density at radius 1 is 0.912 bits per heavy atom. The largest absolute Gasteiger partial charge is 0.493 e. The third-order valence-corrected chi connectivity index (χ3v) is 5.18. The number of methoxy groups -OCH3 is 2. The van der Waals surface area contributed by atoms with Gasteiger partial charge in [-0.2, -0.15) is 0 Å². The van der Waals surface area contributed by atoms with Crippen LogP contribution in [-0.4, -0.2) is 51.0 Å². The van der Waals surface area contributed by atoms with Crippen LogP contribution in [0.1, 0.15) is 20.8 Å². The summed E-state index contributed by atoms with van der Waals surface area (Å²) in [5, 5.41) is 6.93. The van der Waals surface area contributed by atoms with E-state index in [9.17, 15) is 9.59 Å². The van der Waals surface area contributed by atoms with E-state index in [1.54, 1.807) is 63.0 Å². The Morgan fingerprint density at radius 3 is 2.41 bits per heavy atom. The first kappa shape index (κ1) is 20.9. The Hall–Kier alpha value is -4.93. The van der Waals surface area contributed by atoms with Gasteiger partial charge in [-0.05, 0) is 35.7 Å². The third-order valence-electron chi connectivity index (χ3n) is 5.18. The molecule has 0 spiro atoms. The number of rotatable bonds is 6. The molecule has 0 saturated heterocycles. The van der Waals surface area contributed by atoms with Gasteiger partial charge in [0, 0.05) is 24.0 Å². The highest BCUT2D eigenvalue weighted by Gasteiger charge is 2.17. The van der Waals surface area contributed by atoms with Crippen molar-refractivity contribution in [1.29, 1.82) is 0 Å². The van der Waals surface area contributed by atoms with Crippen molar-refractivity contribution in [3.8, 4) is 11.5 Å². The highest BCUT2D eigenvalue weighted by molar-refractivity contribution is 6.11. The van der Waals surface area contributed by atoms with Crippen molar-refractivity contribution in [2.75, 3.05) is 24.9 Å². The first-order chi connectivity index (χ1) is 16.6. The standard InChI is InChI=1S/C23H19N7O4/c1-33-17-9-12-8-16(26-11-13(12)10-18(17)34-2)21(32)30-23-27-15-5-3-4-14(19(15)28-23)20(31)29-22-24-6-7-25-22/h3-11H,1-2H3,(H2,24,25,29,31)(H2,27,28,30,32). The zero-order valence-corrected chi connectivity index (χ0v) is 18.2. The van der Waals surface area contributed by atoms with Crippen LogP contribution in [-0.2, 0) is 0 Å². The SMILES string of the molecule is COc1cc2cnc(C(=O)Nc3nc4c(C(=O)Nc5ncc[nH]5)cccc4[nH]3)cc2cc1OC. The molecular formula is C23H19N7O4. The number of benzene rings is 2. The van der Waals surface area contributed by atoms with Crippen LogP contribution in [0.2, 0.25) is 0 Å². The molecule has 11 heteroatoms. The molecule has 0 bridgehead atoms. The molecule has 0 aliphatic carbocycles. The molecule has 0 atom stereocenters. The molecule has 3 heterocycles. The van der Waals surface area contributed by atoms with E-state index in [1.807, 2.05) is 0 Å². The van der Waals surface area contributed by atoms with Gasteiger partial charge in [0.1, 0.15) is 11.2 Å². The second-order valence-electron chi connectivity index (χ2n) is 7.26. The first-order valence-corrected chi connectivity index (χ1v) is 10.2. The van der Waals surface area contributed by atoms with E-state index in [4.69, 9.17) is 9.47 Å². The van der Waals surface area contributed by atoms with Crippen LogP contribution in [0.25, 0.3) is 21.8 Å². The quantitative estimate of drug-likeness (QED) is 0.306. The fraction of sp³-hybridized carbons (Fsp3) is 0.0870. The predicted molar refractivity (Wildman–Crippen MR) is 125 cm³/mol. The van der Waals surface area contributed by atoms with Crippen molar-refractivity contribution < 1.29 is 19.1 Å². The number of anilines is 2. The van der Waals surface area contributed by atoms with E-state index in [-0.39, 0.29) is 17.5 Å². The van der Waals surface area contributed by atoms with Crippen LogP contribution >= 0.6 is 0 Å². The zero-order chi connectivity index (χ0) is 23.7. The number of amides is 2. The summed E-state index contributed by atoms with van der Waals surface area (Å²) in [6, 6.07) is 10.3. The van der Waals surface area contributed by atoms with E-state index in [0.717, 1.165) is 10.8 Å². The number of aromatic nitrogens is 5. The maximum atomic E-state index is 12.9. The fourth-order valence-corrected chi connectivity index (χ4v) is 3.55. The predicted octanol–water partition coefficient (Wildman–Crippen LogP) is 3.36. The van der Waals surface area contributed by atoms with Crippen LogP contribution in [0.5, 0.6) is 11.5 Å². The number of hydrogen-bond donors (Lipinski definition) is 4. The minimum atomic E-state index is -0.461. The van der Waals surface area contributed by atoms with Gasteiger partial charge >= 0.3 is 0 Å². The van der Waals surface area contributed by atoms with Crippen LogP contribution in [0.15, 0.2) is 55.0 Å². The Labute approximate surface area is 192 Å². The van der Waals surface area contributed by atoms with Gasteiger partial charge in [0.05, 0.1) is 25.3 Å². The van der Waals surface area contributed by atoms with Gasteiger partial charge in [0.25, 0.3) is 11.8 Å². The molecule has 5 aromatic rings. The minimum absolute atomic E-state index is 0.187.